The Balaban J connectivity index is 1.56. The molecular weight excluding hydrogens is 396 g/mol. The Morgan fingerprint density at radius 2 is 1.96 bits per heavy atom. The number of aryl methyl sites for hydroxylation is 1. The summed E-state index contributed by atoms with van der Waals surface area (Å²) in [6, 6.07) is 14.7. The highest BCUT2D eigenvalue weighted by molar-refractivity contribution is 7.12. The summed E-state index contributed by atoms with van der Waals surface area (Å²) in [7, 11) is 0. The minimum absolute atomic E-state index is 0.137. The van der Waals surface area contributed by atoms with E-state index < -0.39 is 5.97 Å². The summed E-state index contributed by atoms with van der Waals surface area (Å²) in [6.45, 7) is 1.87. The molecule has 0 aliphatic heterocycles. The molecule has 0 atom stereocenters. The molecule has 2 heterocycles. The van der Waals surface area contributed by atoms with E-state index in [-0.39, 0.29) is 18.0 Å². The number of carbonyl (C=O) groups excluding carboxylic acids is 1. The van der Waals surface area contributed by atoms with Gasteiger partial charge in [-0.1, -0.05) is 41.4 Å². The topological polar surface area (TPSA) is 72.0 Å². The zero-order valence-corrected chi connectivity index (χ0v) is 16.4. The van der Waals surface area contributed by atoms with Crippen molar-refractivity contribution >= 4 is 39.8 Å². The molecule has 0 bridgehead atoms. The van der Waals surface area contributed by atoms with Crippen LogP contribution in [-0.2, 0) is 11.3 Å². The van der Waals surface area contributed by atoms with E-state index >= 15 is 0 Å². The predicted octanol–water partition coefficient (Wildman–Crippen LogP) is 4.97. The fraction of sp³-hybridized carbons (Fsp3) is 0.0952. The van der Waals surface area contributed by atoms with Crippen molar-refractivity contribution in [3.63, 3.8) is 0 Å². The summed E-state index contributed by atoms with van der Waals surface area (Å²) in [6.07, 6.45) is 0. The number of esters is 1. The average Bonchev–Trinajstić information content (AvgIpc) is 3.16. The van der Waals surface area contributed by atoms with Crippen molar-refractivity contribution in [3.05, 3.63) is 85.6 Å². The van der Waals surface area contributed by atoms with Crippen LogP contribution in [0.1, 0.15) is 21.1 Å². The van der Waals surface area contributed by atoms with Crippen molar-refractivity contribution < 1.29 is 9.53 Å². The van der Waals surface area contributed by atoms with Crippen LogP contribution in [0.15, 0.2) is 58.7 Å². The van der Waals surface area contributed by atoms with Gasteiger partial charge in [0.1, 0.15) is 17.3 Å². The van der Waals surface area contributed by atoms with Gasteiger partial charge in [-0.2, -0.15) is 0 Å². The van der Waals surface area contributed by atoms with Crippen molar-refractivity contribution in [2.45, 2.75) is 13.5 Å². The van der Waals surface area contributed by atoms with E-state index in [1.807, 2.05) is 42.6 Å². The van der Waals surface area contributed by atoms with Gasteiger partial charge in [-0.25, -0.2) is 9.78 Å². The van der Waals surface area contributed by atoms with Crippen LogP contribution >= 0.6 is 22.9 Å². The van der Waals surface area contributed by atoms with E-state index in [0.717, 1.165) is 16.7 Å². The highest BCUT2D eigenvalue weighted by Crippen LogP contribution is 2.29. The molecule has 0 unspecified atom stereocenters. The maximum Gasteiger partial charge on any atom is 0.349 e. The van der Waals surface area contributed by atoms with Gasteiger partial charge in [-0.3, -0.25) is 4.79 Å². The Bertz CT molecular complexity index is 1230. The normalized spacial score (nSPS) is 10.9. The SMILES string of the molecule is Cc1ccc(-c2ccsc2C(=O)OCc2nc3cc(Cl)ccc3c(=O)[nH]2)cc1. The first-order chi connectivity index (χ1) is 13.5. The van der Waals surface area contributed by atoms with Gasteiger partial charge in [0.05, 0.1) is 10.9 Å². The summed E-state index contributed by atoms with van der Waals surface area (Å²) >= 11 is 7.28. The van der Waals surface area contributed by atoms with E-state index in [2.05, 4.69) is 9.97 Å². The number of hydrogen-bond donors (Lipinski definition) is 1. The Morgan fingerprint density at radius 3 is 2.75 bits per heavy atom. The second-order valence-corrected chi connectivity index (χ2v) is 7.63. The van der Waals surface area contributed by atoms with Crippen molar-refractivity contribution in [1.82, 2.24) is 9.97 Å². The lowest BCUT2D eigenvalue weighted by atomic mass is 10.1. The van der Waals surface area contributed by atoms with Crippen molar-refractivity contribution in [3.8, 4) is 11.1 Å². The number of aromatic nitrogens is 2. The van der Waals surface area contributed by atoms with Crippen LogP contribution in [0, 0.1) is 6.92 Å². The molecule has 7 heteroatoms. The number of nitrogens with zero attached hydrogens (tertiary/aromatic N) is 1. The Hall–Kier alpha value is -2.96. The molecule has 2 aromatic heterocycles. The van der Waals surface area contributed by atoms with Crippen LogP contribution in [0.2, 0.25) is 5.02 Å². The summed E-state index contributed by atoms with van der Waals surface area (Å²) in [5.41, 5.74) is 3.07. The van der Waals surface area contributed by atoms with Gasteiger partial charge in [0.15, 0.2) is 0 Å². The standard InChI is InChI=1S/C21H15ClN2O3S/c1-12-2-4-13(5-3-12)15-8-9-28-19(15)21(26)27-11-18-23-17-10-14(22)6-7-16(17)20(25)24-18/h2-10H,11H2,1H3,(H,23,24,25). The molecule has 2 aromatic carbocycles. The van der Waals surface area contributed by atoms with Gasteiger partial charge < -0.3 is 9.72 Å². The molecular formula is C21H15ClN2O3S. The van der Waals surface area contributed by atoms with Gasteiger partial charge in [-0.15, -0.1) is 11.3 Å². The molecule has 0 aliphatic rings. The molecule has 4 rings (SSSR count). The van der Waals surface area contributed by atoms with Crippen LogP contribution < -0.4 is 5.56 Å². The fourth-order valence-electron chi connectivity index (χ4n) is 2.86. The largest absolute Gasteiger partial charge is 0.453 e. The molecule has 1 N–H and O–H groups in total. The van der Waals surface area contributed by atoms with E-state index in [0.29, 0.717) is 20.8 Å². The molecule has 28 heavy (non-hydrogen) atoms. The average molecular weight is 411 g/mol. The van der Waals surface area contributed by atoms with Crippen molar-refractivity contribution in [1.29, 1.82) is 0 Å². The first kappa shape index (κ1) is 18.4. The fourth-order valence-corrected chi connectivity index (χ4v) is 3.83. The highest BCUT2D eigenvalue weighted by atomic mass is 35.5. The van der Waals surface area contributed by atoms with Crippen LogP contribution in [0.3, 0.4) is 0 Å². The van der Waals surface area contributed by atoms with Crippen LogP contribution in [0.4, 0.5) is 0 Å². The third kappa shape index (κ3) is 3.69. The summed E-state index contributed by atoms with van der Waals surface area (Å²) in [4.78, 5) is 32.2. The molecule has 0 fully saturated rings. The number of rotatable bonds is 4. The van der Waals surface area contributed by atoms with Crippen LogP contribution in [0.5, 0.6) is 0 Å². The first-order valence-electron chi connectivity index (χ1n) is 8.51. The van der Waals surface area contributed by atoms with Crippen molar-refractivity contribution in [2.24, 2.45) is 0 Å². The lowest BCUT2D eigenvalue weighted by Crippen LogP contribution is -2.14. The highest BCUT2D eigenvalue weighted by Gasteiger charge is 2.17. The minimum atomic E-state index is -0.459. The number of H-pyrrole nitrogens is 1. The number of benzene rings is 2. The number of nitrogens with one attached hydrogen (secondary N) is 1. The molecule has 4 aromatic rings. The number of carbonyl (C=O) groups is 1. The van der Waals surface area contributed by atoms with Gasteiger partial charge in [0, 0.05) is 10.6 Å². The van der Waals surface area contributed by atoms with E-state index in [9.17, 15) is 9.59 Å². The molecule has 0 saturated carbocycles. The Morgan fingerprint density at radius 1 is 1.18 bits per heavy atom. The van der Waals surface area contributed by atoms with E-state index in [4.69, 9.17) is 16.3 Å². The quantitative estimate of drug-likeness (QED) is 0.482. The van der Waals surface area contributed by atoms with E-state index in [1.54, 1.807) is 18.2 Å². The number of hydrogen-bond acceptors (Lipinski definition) is 5. The Kier molecular flexibility index (Phi) is 4.98. The van der Waals surface area contributed by atoms with Gasteiger partial charge >= 0.3 is 5.97 Å². The number of halogens is 1. The lowest BCUT2D eigenvalue weighted by Gasteiger charge is -2.07. The van der Waals surface area contributed by atoms with Crippen molar-refractivity contribution in [2.75, 3.05) is 0 Å². The zero-order valence-electron chi connectivity index (χ0n) is 14.9. The zero-order chi connectivity index (χ0) is 19.7. The Labute approximate surface area is 169 Å². The molecule has 0 aliphatic carbocycles. The second-order valence-electron chi connectivity index (χ2n) is 6.28. The summed E-state index contributed by atoms with van der Waals surface area (Å²) < 4.78 is 5.40. The lowest BCUT2D eigenvalue weighted by molar-refractivity contribution is 0.0469. The molecule has 5 nitrogen and oxygen atoms in total. The number of aromatic amines is 1. The third-order valence-corrected chi connectivity index (χ3v) is 5.40. The monoisotopic (exact) mass is 410 g/mol. The van der Waals surface area contributed by atoms with Gasteiger partial charge in [-0.05, 0) is 42.1 Å². The first-order valence-corrected chi connectivity index (χ1v) is 9.77. The van der Waals surface area contributed by atoms with Gasteiger partial charge in [0.2, 0.25) is 0 Å². The predicted molar refractivity (Wildman–Crippen MR) is 111 cm³/mol. The molecule has 0 amide bonds. The van der Waals surface area contributed by atoms with Crippen LogP contribution in [0.25, 0.3) is 22.0 Å². The molecule has 0 radical (unpaired) electrons. The molecule has 140 valence electrons. The van der Waals surface area contributed by atoms with E-state index in [1.165, 1.54) is 11.3 Å². The van der Waals surface area contributed by atoms with Gasteiger partial charge in [0.25, 0.3) is 5.56 Å². The number of fused-ring (bicyclic) bond motifs is 1. The maximum absolute atomic E-state index is 12.6. The summed E-state index contributed by atoms with van der Waals surface area (Å²) in [5, 5.41) is 2.76. The second kappa shape index (κ2) is 7.58. The number of thiophene rings is 1. The minimum Gasteiger partial charge on any atom is -0.453 e. The number of ether oxygens (including phenoxy) is 1. The third-order valence-electron chi connectivity index (χ3n) is 4.27. The maximum atomic E-state index is 12.6. The summed E-state index contributed by atoms with van der Waals surface area (Å²) in [5.74, 6) is -0.194. The smallest absolute Gasteiger partial charge is 0.349 e. The van der Waals surface area contributed by atoms with Crippen LogP contribution in [-0.4, -0.2) is 15.9 Å². The molecule has 0 spiro atoms. The molecule has 0 saturated heterocycles.